The number of aromatic nitrogens is 4. The molecule has 3 aromatic heterocycles. The van der Waals surface area contributed by atoms with Crippen molar-refractivity contribution in [1.29, 1.82) is 0 Å². The predicted octanol–water partition coefficient (Wildman–Crippen LogP) is 3.49. The molecule has 1 fully saturated rings. The second kappa shape index (κ2) is 8.21. The van der Waals surface area contributed by atoms with Gasteiger partial charge in [-0.15, -0.1) is 10.2 Å². The topological polar surface area (TPSA) is 87.1 Å². The summed E-state index contributed by atoms with van der Waals surface area (Å²) in [7, 11) is 0. The molecule has 2 N–H and O–H groups in total. The van der Waals surface area contributed by atoms with Gasteiger partial charge >= 0.3 is 0 Å². The summed E-state index contributed by atoms with van der Waals surface area (Å²) in [4.78, 5) is 10.6. The van der Waals surface area contributed by atoms with Gasteiger partial charge in [0.2, 0.25) is 0 Å². The van der Waals surface area contributed by atoms with Gasteiger partial charge in [-0.2, -0.15) is 0 Å². The van der Waals surface area contributed by atoms with Gasteiger partial charge in [-0.25, -0.2) is 4.98 Å². The number of piperidine rings is 1. The normalized spacial score (nSPS) is 16.8. The van der Waals surface area contributed by atoms with E-state index in [9.17, 15) is 5.11 Å². The smallest absolute Gasteiger partial charge is 0.151 e. The van der Waals surface area contributed by atoms with E-state index in [2.05, 4.69) is 37.3 Å². The second-order valence-electron chi connectivity index (χ2n) is 7.27. The zero-order chi connectivity index (χ0) is 19.3. The third-order valence-corrected chi connectivity index (χ3v) is 4.99. The van der Waals surface area contributed by atoms with Crippen molar-refractivity contribution >= 4 is 11.5 Å². The van der Waals surface area contributed by atoms with Crippen molar-refractivity contribution in [1.82, 2.24) is 20.2 Å². The summed E-state index contributed by atoms with van der Waals surface area (Å²) in [6.07, 6.45) is 7.64. The maximum Gasteiger partial charge on any atom is 0.151 e. The number of anilines is 2. The van der Waals surface area contributed by atoms with Gasteiger partial charge in [-0.05, 0) is 48.6 Å². The van der Waals surface area contributed by atoms with E-state index in [0.717, 1.165) is 30.2 Å². The number of hydrogen-bond donors (Lipinski definition) is 2. The third-order valence-electron chi connectivity index (χ3n) is 4.99. The quantitative estimate of drug-likeness (QED) is 0.705. The molecule has 1 atom stereocenters. The highest BCUT2D eigenvalue weighted by Crippen LogP contribution is 2.29. The Hall–Kier alpha value is -3.22. The first kappa shape index (κ1) is 18.2. The molecule has 7 heteroatoms. The van der Waals surface area contributed by atoms with Gasteiger partial charge in [0, 0.05) is 38.1 Å². The zero-order valence-corrected chi connectivity index (χ0v) is 15.9. The Bertz CT molecular complexity index is 916. The van der Waals surface area contributed by atoms with Gasteiger partial charge in [0.05, 0.1) is 11.9 Å². The van der Waals surface area contributed by atoms with E-state index in [1.165, 1.54) is 12.8 Å². The van der Waals surface area contributed by atoms with Crippen LogP contribution in [0.25, 0.3) is 11.4 Å². The highest BCUT2D eigenvalue weighted by atomic mass is 16.3. The molecule has 4 rings (SSSR count). The van der Waals surface area contributed by atoms with Crippen LogP contribution in [0.4, 0.5) is 11.5 Å². The largest absolute Gasteiger partial charge is 0.506 e. The zero-order valence-electron chi connectivity index (χ0n) is 15.9. The van der Waals surface area contributed by atoms with Crippen molar-refractivity contribution in [2.24, 2.45) is 5.92 Å². The molecule has 144 valence electrons. The molecule has 1 saturated heterocycles. The number of nitrogens with one attached hydrogen (secondary N) is 1. The molecular weight excluding hydrogens is 352 g/mol. The molecule has 28 heavy (non-hydrogen) atoms. The molecule has 1 aliphatic rings. The van der Waals surface area contributed by atoms with Crippen LogP contribution in [-0.4, -0.2) is 38.4 Å². The average Bonchev–Trinajstić information content (AvgIpc) is 2.73. The maximum atomic E-state index is 10.4. The number of aromatic hydroxyl groups is 1. The summed E-state index contributed by atoms with van der Waals surface area (Å²) < 4.78 is 0. The SMILES string of the molecule is CC1CCCN(c2ccc(-c3ncc(NCc4ccncc4)cc3O)nn2)C1. The summed E-state index contributed by atoms with van der Waals surface area (Å²) in [5.74, 6) is 1.63. The van der Waals surface area contributed by atoms with Crippen molar-refractivity contribution in [3.63, 3.8) is 0 Å². The number of nitrogens with zero attached hydrogens (tertiary/aromatic N) is 5. The fourth-order valence-electron chi connectivity index (χ4n) is 3.47. The Morgan fingerprint density at radius 1 is 1.18 bits per heavy atom. The molecule has 0 aliphatic carbocycles. The van der Waals surface area contributed by atoms with E-state index in [1.54, 1.807) is 24.7 Å². The standard InChI is InChI=1S/C21H24N6O/c1-15-3-2-10-27(14-15)20-5-4-18(25-26-20)21-19(28)11-17(13-24-21)23-12-16-6-8-22-9-7-16/h4-9,11,13,15,23,28H,2-3,10,12,14H2,1H3. The van der Waals surface area contributed by atoms with Crippen molar-refractivity contribution in [2.75, 3.05) is 23.3 Å². The van der Waals surface area contributed by atoms with E-state index in [1.807, 2.05) is 24.3 Å². The number of hydrogen-bond acceptors (Lipinski definition) is 7. The lowest BCUT2D eigenvalue weighted by atomic mass is 10.0. The van der Waals surface area contributed by atoms with Crippen LogP contribution in [0.3, 0.4) is 0 Å². The van der Waals surface area contributed by atoms with E-state index < -0.39 is 0 Å². The highest BCUT2D eigenvalue weighted by molar-refractivity contribution is 5.65. The van der Waals surface area contributed by atoms with Crippen LogP contribution in [0.5, 0.6) is 5.75 Å². The number of rotatable bonds is 5. The van der Waals surface area contributed by atoms with E-state index in [4.69, 9.17) is 0 Å². The van der Waals surface area contributed by atoms with E-state index in [0.29, 0.717) is 23.9 Å². The van der Waals surface area contributed by atoms with Gasteiger partial charge in [-0.1, -0.05) is 6.92 Å². The molecule has 1 aliphatic heterocycles. The molecule has 0 spiro atoms. The lowest BCUT2D eigenvalue weighted by Gasteiger charge is -2.31. The van der Waals surface area contributed by atoms with E-state index >= 15 is 0 Å². The van der Waals surface area contributed by atoms with Gasteiger partial charge in [0.1, 0.15) is 17.1 Å². The third kappa shape index (κ3) is 4.19. The van der Waals surface area contributed by atoms with Crippen molar-refractivity contribution in [3.05, 3.63) is 54.5 Å². The van der Waals surface area contributed by atoms with Gasteiger partial charge in [0.25, 0.3) is 0 Å². The minimum Gasteiger partial charge on any atom is -0.506 e. The summed E-state index contributed by atoms with van der Waals surface area (Å²) in [6, 6.07) is 9.36. The van der Waals surface area contributed by atoms with Crippen LogP contribution in [0.1, 0.15) is 25.3 Å². The highest BCUT2D eigenvalue weighted by Gasteiger charge is 2.18. The summed E-state index contributed by atoms with van der Waals surface area (Å²) in [6.45, 7) is 4.92. The first-order valence-corrected chi connectivity index (χ1v) is 9.60. The lowest BCUT2D eigenvalue weighted by molar-refractivity contribution is 0.443. The molecule has 7 nitrogen and oxygen atoms in total. The summed E-state index contributed by atoms with van der Waals surface area (Å²) in [5.41, 5.74) is 2.84. The molecule has 0 saturated carbocycles. The van der Waals surface area contributed by atoms with Crippen LogP contribution >= 0.6 is 0 Å². The molecular formula is C21H24N6O. The predicted molar refractivity (Wildman–Crippen MR) is 109 cm³/mol. The summed E-state index contributed by atoms with van der Waals surface area (Å²) in [5, 5.41) is 22.3. The fraction of sp³-hybridized carbons (Fsp3) is 0.333. The van der Waals surface area contributed by atoms with Crippen LogP contribution in [0.15, 0.2) is 48.9 Å². The molecule has 3 aromatic rings. The Labute approximate surface area is 164 Å². The van der Waals surface area contributed by atoms with Crippen LogP contribution in [0, 0.1) is 5.92 Å². The molecule has 4 heterocycles. The van der Waals surface area contributed by atoms with Crippen LogP contribution in [0.2, 0.25) is 0 Å². The number of pyridine rings is 2. The second-order valence-corrected chi connectivity index (χ2v) is 7.27. The minimum atomic E-state index is 0.0772. The Kier molecular flexibility index (Phi) is 5.32. The maximum absolute atomic E-state index is 10.4. The lowest BCUT2D eigenvalue weighted by Crippen LogP contribution is -2.34. The molecule has 0 amide bonds. The van der Waals surface area contributed by atoms with Crippen LogP contribution < -0.4 is 10.2 Å². The van der Waals surface area contributed by atoms with Crippen LogP contribution in [-0.2, 0) is 6.54 Å². The average molecular weight is 376 g/mol. The van der Waals surface area contributed by atoms with E-state index in [-0.39, 0.29) is 5.75 Å². The first-order chi connectivity index (χ1) is 13.7. The molecule has 0 radical (unpaired) electrons. The van der Waals surface area contributed by atoms with Gasteiger partial charge in [-0.3, -0.25) is 4.98 Å². The Balaban J connectivity index is 1.45. The fourth-order valence-corrected chi connectivity index (χ4v) is 3.47. The molecule has 0 bridgehead atoms. The van der Waals surface area contributed by atoms with Crippen molar-refractivity contribution < 1.29 is 5.11 Å². The first-order valence-electron chi connectivity index (χ1n) is 9.60. The summed E-state index contributed by atoms with van der Waals surface area (Å²) >= 11 is 0. The monoisotopic (exact) mass is 376 g/mol. The van der Waals surface area contributed by atoms with Crippen molar-refractivity contribution in [3.8, 4) is 17.1 Å². The van der Waals surface area contributed by atoms with Gasteiger partial charge in [0.15, 0.2) is 5.82 Å². The molecule has 0 aromatic carbocycles. The van der Waals surface area contributed by atoms with Gasteiger partial charge < -0.3 is 15.3 Å². The van der Waals surface area contributed by atoms with Crippen molar-refractivity contribution in [2.45, 2.75) is 26.3 Å². The molecule has 1 unspecified atom stereocenters. The Morgan fingerprint density at radius 3 is 2.75 bits per heavy atom. The Morgan fingerprint density at radius 2 is 2.04 bits per heavy atom. The minimum absolute atomic E-state index is 0.0772.